The molecule has 0 saturated heterocycles. The van der Waals surface area contributed by atoms with Crippen molar-refractivity contribution in [3.63, 3.8) is 0 Å². The second kappa shape index (κ2) is 7.78. The molecule has 5 nitrogen and oxygen atoms in total. The van der Waals surface area contributed by atoms with Crippen LogP contribution in [0.5, 0.6) is 5.75 Å². The molecule has 1 aliphatic rings. The van der Waals surface area contributed by atoms with Crippen molar-refractivity contribution in [3.8, 4) is 5.75 Å². The van der Waals surface area contributed by atoms with Crippen LogP contribution < -0.4 is 9.64 Å². The van der Waals surface area contributed by atoms with Gasteiger partial charge in [-0.3, -0.25) is 9.59 Å². The standard InChI is InChI=1S/C18H15Cl2NO4S/c1-25-13-3-2-4-14-17(13)21(18(24)15(26-14)8-16(22)23)9-10-5-6-11(19)12(20)7-10/h2-7,15H,8-9H2,1H3,(H,22,23). The number of rotatable bonds is 5. The van der Waals surface area contributed by atoms with Crippen molar-refractivity contribution in [2.75, 3.05) is 12.0 Å². The van der Waals surface area contributed by atoms with E-state index in [0.29, 0.717) is 21.5 Å². The van der Waals surface area contributed by atoms with Gasteiger partial charge in [-0.15, -0.1) is 11.8 Å². The Kier molecular flexibility index (Phi) is 5.65. The fourth-order valence-electron chi connectivity index (χ4n) is 2.78. The Morgan fingerprint density at radius 1 is 1.27 bits per heavy atom. The van der Waals surface area contributed by atoms with Crippen LogP contribution in [0.1, 0.15) is 12.0 Å². The van der Waals surface area contributed by atoms with E-state index in [1.165, 1.54) is 18.9 Å². The largest absolute Gasteiger partial charge is 0.495 e. The molecule has 2 aromatic carbocycles. The molecule has 0 aromatic heterocycles. The predicted molar refractivity (Wildman–Crippen MR) is 103 cm³/mol. The molecule has 1 aliphatic heterocycles. The lowest BCUT2D eigenvalue weighted by Crippen LogP contribution is -2.41. The average molecular weight is 412 g/mol. The summed E-state index contributed by atoms with van der Waals surface area (Å²) in [5.74, 6) is -0.741. The molecule has 0 aliphatic carbocycles. The average Bonchev–Trinajstić information content (AvgIpc) is 2.60. The molecule has 0 radical (unpaired) electrons. The first-order valence-corrected chi connectivity index (χ1v) is 9.35. The van der Waals surface area contributed by atoms with Crippen LogP contribution in [-0.4, -0.2) is 29.3 Å². The minimum absolute atomic E-state index is 0.236. The number of hydrogen-bond acceptors (Lipinski definition) is 4. The molecule has 0 fully saturated rings. The van der Waals surface area contributed by atoms with Crippen LogP contribution in [0.2, 0.25) is 10.0 Å². The SMILES string of the molecule is COc1cccc2c1N(Cc1ccc(Cl)c(Cl)c1)C(=O)C(CC(=O)O)S2. The zero-order chi connectivity index (χ0) is 18.8. The maximum Gasteiger partial charge on any atom is 0.305 e. The van der Waals surface area contributed by atoms with Gasteiger partial charge < -0.3 is 14.7 Å². The third-order valence-corrected chi connectivity index (χ3v) is 5.92. The number of carboxylic acids is 1. The first-order chi connectivity index (χ1) is 12.4. The van der Waals surface area contributed by atoms with E-state index < -0.39 is 11.2 Å². The number of aliphatic carboxylic acids is 1. The number of carbonyl (C=O) groups excluding carboxylic acids is 1. The van der Waals surface area contributed by atoms with Crippen molar-refractivity contribution in [2.24, 2.45) is 0 Å². The molecular formula is C18H15Cl2NO4S. The lowest BCUT2D eigenvalue weighted by molar-refractivity contribution is -0.138. The number of ether oxygens (including phenoxy) is 1. The van der Waals surface area contributed by atoms with E-state index in [1.807, 2.05) is 12.1 Å². The fourth-order valence-corrected chi connectivity index (χ4v) is 4.34. The fraction of sp³-hybridized carbons (Fsp3) is 0.222. The number of benzene rings is 2. The summed E-state index contributed by atoms with van der Waals surface area (Å²) in [6.07, 6.45) is -0.252. The van der Waals surface area contributed by atoms with Crippen LogP contribution in [0.25, 0.3) is 0 Å². The highest BCUT2D eigenvalue weighted by Crippen LogP contribution is 2.46. The molecule has 0 saturated carbocycles. The zero-order valence-electron chi connectivity index (χ0n) is 13.7. The number of fused-ring (bicyclic) bond motifs is 1. The van der Waals surface area contributed by atoms with E-state index in [4.69, 9.17) is 33.0 Å². The van der Waals surface area contributed by atoms with Crippen LogP contribution in [0, 0.1) is 0 Å². The van der Waals surface area contributed by atoms with Gasteiger partial charge in [-0.25, -0.2) is 0 Å². The molecule has 1 N–H and O–H groups in total. The van der Waals surface area contributed by atoms with Gasteiger partial charge >= 0.3 is 5.97 Å². The molecule has 1 atom stereocenters. The highest BCUT2D eigenvalue weighted by molar-refractivity contribution is 8.01. The Labute approximate surface area is 164 Å². The van der Waals surface area contributed by atoms with Gasteiger partial charge in [0.05, 0.1) is 35.4 Å². The first kappa shape index (κ1) is 18.9. The molecule has 1 amide bonds. The molecule has 2 aromatic rings. The number of anilines is 1. The minimum Gasteiger partial charge on any atom is -0.495 e. The van der Waals surface area contributed by atoms with Crippen molar-refractivity contribution < 1.29 is 19.4 Å². The highest BCUT2D eigenvalue weighted by Gasteiger charge is 2.36. The normalized spacial score (nSPS) is 16.3. The first-order valence-electron chi connectivity index (χ1n) is 7.71. The Morgan fingerprint density at radius 2 is 2.04 bits per heavy atom. The molecule has 26 heavy (non-hydrogen) atoms. The summed E-state index contributed by atoms with van der Waals surface area (Å²) in [4.78, 5) is 26.5. The molecule has 1 heterocycles. The maximum atomic E-state index is 13.0. The van der Waals surface area contributed by atoms with E-state index in [0.717, 1.165) is 10.5 Å². The van der Waals surface area contributed by atoms with Gasteiger partial charge in [0.25, 0.3) is 0 Å². The Hall–Kier alpha value is -1.89. The number of methoxy groups -OCH3 is 1. The van der Waals surface area contributed by atoms with Gasteiger partial charge in [-0.1, -0.05) is 35.3 Å². The summed E-state index contributed by atoms with van der Waals surface area (Å²) >= 11 is 13.3. The zero-order valence-corrected chi connectivity index (χ0v) is 16.1. The van der Waals surface area contributed by atoms with Crippen LogP contribution in [0.15, 0.2) is 41.3 Å². The van der Waals surface area contributed by atoms with Gasteiger partial charge in [0.15, 0.2) is 0 Å². The van der Waals surface area contributed by atoms with E-state index in [2.05, 4.69) is 0 Å². The monoisotopic (exact) mass is 411 g/mol. The van der Waals surface area contributed by atoms with Gasteiger partial charge in [0.2, 0.25) is 5.91 Å². The molecule has 136 valence electrons. The topological polar surface area (TPSA) is 66.8 Å². The number of para-hydroxylation sites is 1. The van der Waals surface area contributed by atoms with Gasteiger partial charge in [-0.2, -0.15) is 0 Å². The lowest BCUT2D eigenvalue weighted by Gasteiger charge is -2.34. The smallest absolute Gasteiger partial charge is 0.305 e. The van der Waals surface area contributed by atoms with Crippen molar-refractivity contribution in [2.45, 2.75) is 23.1 Å². The number of halogens is 2. The number of amides is 1. The second-order valence-corrected chi connectivity index (χ2v) is 7.74. The molecular weight excluding hydrogens is 397 g/mol. The Balaban J connectivity index is 2.03. The number of nitrogens with zero attached hydrogens (tertiary/aromatic N) is 1. The van der Waals surface area contributed by atoms with E-state index >= 15 is 0 Å². The van der Waals surface area contributed by atoms with Gasteiger partial charge in [0, 0.05) is 4.90 Å². The number of thioether (sulfide) groups is 1. The van der Waals surface area contributed by atoms with Crippen LogP contribution >= 0.6 is 35.0 Å². The highest BCUT2D eigenvalue weighted by atomic mass is 35.5. The number of carboxylic acid groups (broad SMARTS) is 1. The number of carbonyl (C=O) groups is 2. The molecule has 8 heteroatoms. The van der Waals surface area contributed by atoms with Gasteiger partial charge in [-0.05, 0) is 29.8 Å². The predicted octanol–water partition coefficient (Wildman–Crippen LogP) is 4.48. The maximum absolute atomic E-state index is 13.0. The summed E-state index contributed by atoms with van der Waals surface area (Å²) < 4.78 is 5.42. The minimum atomic E-state index is -1.02. The van der Waals surface area contributed by atoms with Crippen LogP contribution in [0.3, 0.4) is 0 Å². The summed E-state index contributed by atoms with van der Waals surface area (Å²) in [6, 6.07) is 10.6. The van der Waals surface area contributed by atoms with Crippen molar-refractivity contribution in [1.29, 1.82) is 0 Å². The van der Waals surface area contributed by atoms with E-state index in [1.54, 1.807) is 29.2 Å². The van der Waals surface area contributed by atoms with Gasteiger partial charge in [0.1, 0.15) is 11.4 Å². The quantitative estimate of drug-likeness (QED) is 0.784. The summed E-state index contributed by atoms with van der Waals surface area (Å²) in [5.41, 5.74) is 1.42. The third kappa shape index (κ3) is 3.77. The Morgan fingerprint density at radius 3 is 2.69 bits per heavy atom. The summed E-state index contributed by atoms with van der Waals surface area (Å²) in [5, 5.41) is 9.26. The third-order valence-electron chi connectivity index (χ3n) is 3.95. The van der Waals surface area contributed by atoms with E-state index in [9.17, 15) is 9.59 Å². The molecule has 1 unspecified atom stereocenters. The van der Waals surface area contributed by atoms with E-state index in [-0.39, 0.29) is 18.9 Å². The molecule has 3 rings (SSSR count). The van der Waals surface area contributed by atoms with Crippen molar-refractivity contribution in [3.05, 3.63) is 52.0 Å². The summed E-state index contributed by atoms with van der Waals surface area (Å²) in [6.45, 7) is 0.236. The molecule has 0 bridgehead atoms. The van der Waals surface area contributed by atoms with Crippen LogP contribution in [-0.2, 0) is 16.1 Å². The Bertz CT molecular complexity index is 874. The van der Waals surface area contributed by atoms with Crippen molar-refractivity contribution >= 4 is 52.5 Å². The second-order valence-electron chi connectivity index (χ2n) is 5.68. The lowest BCUT2D eigenvalue weighted by atomic mass is 10.1. The molecule has 0 spiro atoms. The summed E-state index contributed by atoms with van der Waals surface area (Å²) in [7, 11) is 1.53. The van der Waals surface area contributed by atoms with Crippen LogP contribution in [0.4, 0.5) is 5.69 Å². The number of hydrogen-bond donors (Lipinski definition) is 1. The van der Waals surface area contributed by atoms with Crippen molar-refractivity contribution in [1.82, 2.24) is 0 Å².